The molecule has 2 rings (SSSR count). The molecule has 110 valence electrons. The van der Waals surface area contributed by atoms with E-state index in [4.69, 9.17) is 0 Å². The SMILES string of the molecule is CCCNC(C)CCCN1CCc2ccccc2C1=O. The smallest absolute Gasteiger partial charge is 0.254 e. The molecule has 1 N–H and O–H groups in total. The molecule has 3 heteroatoms. The van der Waals surface area contributed by atoms with Crippen LogP contribution in [0.3, 0.4) is 0 Å². The molecule has 0 spiro atoms. The van der Waals surface area contributed by atoms with E-state index in [1.807, 2.05) is 23.1 Å². The van der Waals surface area contributed by atoms with Crippen LogP contribution in [-0.4, -0.2) is 36.5 Å². The summed E-state index contributed by atoms with van der Waals surface area (Å²) in [7, 11) is 0. The highest BCUT2D eigenvalue weighted by molar-refractivity contribution is 5.96. The highest BCUT2D eigenvalue weighted by Crippen LogP contribution is 2.18. The Kier molecular flexibility index (Phi) is 5.60. The van der Waals surface area contributed by atoms with Crippen molar-refractivity contribution in [3.8, 4) is 0 Å². The van der Waals surface area contributed by atoms with Crippen LogP contribution in [0.5, 0.6) is 0 Å². The number of amides is 1. The average molecular weight is 274 g/mol. The van der Waals surface area contributed by atoms with Gasteiger partial charge in [0.15, 0.2) is 0 Å². The Bertz CT molecular complexity index is 444. The van der Waals surface area contributed by atoms with E-state index in [0.717, 1.165) is 44.5 Å². The summed E-state index contributed by atoms with van der Waals surface area (Å²) in [6.07, 6.45) is 4.37. The zero-order valence-corrected chi connectivity index (χ0v) is 12.7. The Morgan fingerprint density at radius 1 is 1.35 bits per heavy atom. The second kappa shape index (κ2) is 7.44. The summed E-state index contributed by atoms with van der Waals surface area (Å²) in [6, 6.07) is 8.54. The summed E-state index contributed by atoms with van der Waals surface area (Å²) in [4.78, 5) is 14.4. The van der Waals surface area contributed by atoms with E-state index < -0.39 is 0 Å². The summed E-state index contributed by atoms with van der Waals surface area (Å²) < 4.78 is 0. The zero-order valence-electron chi connectivity index (χ0n) is 12.7. The number of carbonyl (C=O) groups is 1. The molecule has 20 heavy (non-hydrogen) atoms. The predicted molar refractivity (Wildman–Crippen MR) is 83.0 cm³/mol. The minimum absolute atomic E-state index is 0.209. The molecular weight excluding hydrogens is 248 g/mol. The number of nitrogens with one attached hydrogen (secondary N) is 1. The van der Waals surface area contributed by atoms with Crippen LogP contribution < -0.4 is 5.32 Å². The molecule has 0 radical (unpaired) electrons. The number of nitrogens with zero attached hydrogens (tertiary/aromatic N) is 1. The van der Waals surface area contributed by atoms with Crippen molar-refractivity contribution in [3.63, 3.8) is 0 Å². The van der Waals surface area contributed by atoms with E-state index in [-0.39, 0.29) is 5.91 Å². The Morgan fingerprint density at radius 3 is 2.95 bits per heavy atom. The normalized spacial score (nSPS) is 16.1. The van der Waals surface area contributed by atoms with E-state index in [0.29, 0.717) is 6.04 Å². The maximum Gasteiger partial charge on any atom is 0.254 e. The topological polar surface area (TPSA) is 32.3 Å². The van der Waals surface area contributed by atoms with Gasteiger partial charge in [0, 0.05) is 24.7 Å². The summed E-state index contributed by atoms with van der Waals surface area (Å²) in [5.74, 6) is 0.209. The third kappa shape index (κ3) is 3.83. The maximum absolute atomic E-state index is 12.4. The van der Waals surface area contributed by atoms with Gasteiger partial charge in [-0.1, -0.05) is 25.1 Å². The molecule has 1 aromatic carbocycles. The van der Waals surface area contributed by atoms with Crippen molar-refractivity contribution in [2.24, 2.45) is 0 Å². The first kappa shape index (κ1) is 15.0. The van der Waals surface area contributed by atoms with Crippen LogP contribution >= 0.6 is 0 Å². The molecule has 1 heterocycles. The number of hydrogen-bond acceptors (Lipinski definition) is 2. The van der Waals surface area contributed by atoms with Gasteiger partial charge in [-0.3, -0.25) is 4.79 Å². The minimum Gasteiger partial charge on any atom is -0.338 e. The fraction of sp³-hybridized carbons (Fsp3) is 0.588. The quantitative estimate of drug-likeness (QED) is 0.829. The Balaban J connectivity index is 1.79. The highest BCUT2D eigenvalue weighted by atomic mass is 16.2. The molecule has 1 unspecified atom stereocenters. The van der Waals surface area contributed by atoms with Gasteiger partial charge in [-0.2, -0.15) is 0 Å². The van der Waals surface area contributed by atoms with Crippen molar-refractivity contribution in [3.05, 3.63) is 35.4 Å². The molecule has 0 fully saturated rings. The molecule has 0 saturated heterocycles. The third-order valence-corrected chi connectivity index (χ3v) is 3.99. The van der Waals surface area contributed by atoms with Gasteiger partial charge in [0.2, 0.25) is 0 Å². The van der Waals surface area contributed by atoms with Crippen LogP contribution in [-0.2, 0) is 6.42 Å². The van der Waals surface area contributed by atoms with Crippen LogP contribution in [0.2, 0.25) is 0 Å². The van der Waals surface area contributed by atoms with Gasteiger partial charge in [-0.15, -0.1) is 0 Å². The van der Waals surface area contributed by atoms with Crippen molar-refractivity contribution < 1.29 is 4.79 Å². The van der Waals surface area contributed by atoms with E-state index >= 15 is 0 Å². The Hall–Kier alpha value is -1.35. The Labute approximate surface area is 122 Å². The van der Waals surface area contributed by atoms with Crippen LogP contribution in [0, 0.1) is 0 Å². The molecule has 0 aromatic heterocycles. The second-order valence-corrected chi connectivity index (χ2v) is 5.70. The molecule has 1 aliphatic rings. The fourth-order valence-corrected chi connectivity index (χ4v) is 2.77. The van der Waals surface area contributed by atoms with Crippen molar-refractivity contribution in [1.82, 2.24) is 10.2 Å². The average Bonchev–Trinajstić information content (AvgIpc) is 2.48. The maximum atomic E-state index is 12.4. The summed E-state index contributed by atoms with van der Waals surface area (Å²) in [5, 5.41) is 3.49. The summed E-state index contributed by atoms with van der Waals surface area (Å²) >= 11 is 0. The lowest BCUT2D eigenvalue weighted by molar-refractivity contribution is 0.0735. The van der Waals surface area contributed by atoms with Crippen molar-refractivity contribution in [1.29, 1.82) is 0 Å². The van der Waals surface area contributed by atoms with Gasteiger partial charge in [0.25, 0.3) is 5.91 Å². The first-order valence-corrected chi connectivity index (χ1v) is 7.83. The number of hydrogen-bond donors (Lipinski definition) is 1. The van der Waals surface area contributed by atoms with Gasteiger partial charge in [0.1, 0.15) is 0 Å². The van der Waals surface area contributed by atoms with Crippen LogP contribution in [0.4, 0.5) is 0 Å². The lowest BCUT2D eigenvalue weighted by Crippen LogP contribution is -2.38. The van der Waals surface area contributed by atoms with Crippen molar-refractivity contribution in [2.75, 3.05) is 19.6 Å². The molecule has 1 aromatic rings. The van der Waals surface area contributed by atoms with E-state index in [1.165, 1.54) is 12.0 Å². The lowest BCUT2D eigenvalue weighted by atomic mass is 9.99. The summed E-state index contributed by atoms with van der Waals surface area (Å²) in [5.41, 5.74) is 2.10. The number of benzene rings is 1. The van der Waals surface area contributed by atoms with Crippen molar-refractivity contribution in [2.45, 2.75) is 45.6 Å². The van der Waals surface area contributed by atoms with E-state index in [9.17, 15) is 4.79 Å². The van der Waals surface area contributed by atoms with E-state index in [1.54, 1.807) is 0 Å². The number of carbonyl (C=O) groups excluding carboxylic acids is 1. The molecule has 0 aliphatic carbocycles. The Morgan fingerprint density at radius 2 is 2.15 bits per heavy atom. The zero-order chi connectivity index (χ0) is 14.4. The number of rotatable bonds is 7. The molecule has 1 amide bonds. The van der Waals surface area contributed by atoms with Crippen molar-refractivity contribution >= 4 is 5.91 Å². The van der Waals surface area contributed by atoms with Gasteiger partial charge in [-0.25, -0.2) is 0 Å². The van der Waals surface area contributed by atoms with E-state index in [2.05, 4.69) is 25.2 Å². The summed E-state index contributed by atoms with van der Waals surface area (Å²) in [6.45, 7) is 7.24. The minimum atomic E-state index is 0.209. The predicted octanol–water partition coefficient (Wildman–Crippen LogP) is 2.85. The highest BCUT2D eigenvalue weighted by Gasteiger charge is 2.23. The molecular formula is C17H26N2O. The molecule has 1 aliphatic heterocycles. The second-order valence-electron chi connectivity index (χ2n) is 5.70. The first-order chi connectivity index (χ1) is 9.72. The lowest BCUT2D eigenvalue weighted by Gasteiger charge is -2.29. The monoisotopic (exact) mass is 274 g/mol. The van der Waals surface area contributed by atoms with Crippen LogP contribution in [0.1, 0.15) is 49.0 Å². The van der Waals surface area contributed by atoms with Gasteiger partial charge in [-0.05, 0) is 50.8 Å². The third-order valence-electron chi connectivity index (χ3n) is 3.99. The van der Waals surface area contributed by atoms with Gasteiger partial charge >= 0.3 is 0 Å². The fourth-order valence-electron chi connectivity index (χ4n) is 2.77. The molecule has 3 nitrogen and oxygen atoms in total. The van der Waals surface area contributed by atoms with Gasteiger partial charge in [0.05, 0.1) is 0 Å². The number of fused-ring (bicyclic) bond motifs is 1. The largest absolute Gasteiger partial charge is 0.338 e. The van der Waals surface area contributed by atoms with Crippen LogP contribution in [0.25, 0.3) is 0 Å². The molecule has 1 atom stereocenters. The molecule has 0 saturated carbocycles. The standard InChI is InChI=1S/C17H26N2O/c1-3-11-18-14(2)7-6-12-19-13-10-15-8-4-5-9-16(15)17(19)20/h4-5,8-9,14,18H,3,6-7,10-13H2,1-2H3. The van der Waals surface area contributed by atoms with Gasteiger partial charge < -0.3 is 10.2 Å². The first-order valence-electron chi connectivity index (χ1n) is 7.83. The molecule has 0 bridgehead atoms. The van der Waals surface area contributed by atoms with Crippen LogP contribution in [0.15, 0.2) is 24.3 Å².